The number of aromatic nitrogens is 1. The lowest BCUT2D eigenvalue weighted by atomic mass is 10.1. The minimum Gasteiger partial charge on any atom is -0.489 e. The first kappa shape index (κ1) is 22.4. The Balaban J connectivity index is 1.25. The molecule has 1 unspecified atom stereocenters. The van der Waals surface area contributed by atoms with Crippen molar-refractivity contribution in [2.24, 2.45) is 4.99 Å². The van der Waals surface area contributed by atoms with Crippen molar-refractivity contribution in [1.29, 1.82) is 0 Å². The van der Waals surface area contributed by atoms with Gasteiger partial charge in [-0.3, -0.25) is 4.79 Å². The third-order valence-corrected chi connectivity index (χ3v) is 8.02. The topological polar surface area (TPSA) is 70.1 Å². The minimum atomic E-state index is -0.116. The van der Waals surface area contributed by atoms with Crippen molar-refractivity contribution in [1.82, 2.24) is 15.2 Å². The molecule has 1 aromatic carbocycles. The maximum absolute atomic E-state index is 12.5. The number of thiazole rings is 1. The van der Waals surface area contributed by atoms with Gasteiger partial charge in [-0.25, -0.2) is 9.98 Å². The predicted molar refractivity (Wildman–Crippen MR) is 137 cm³/mol. The van der Waals surface area contributed by atoms with Crippen LogP contribution in [0.1, 0.15) is 36.1 Å². The molecule has 3 fully saturated rings. The number of carbonyl (C=O) groups excluding carboxylic acids is 1. The number of amides is 1. The number of hydrogen-bond donors (Lipinski definition) is 1. The Morgan fingerprint density at radius 2 is 2.09 bits per heavy atom. The third-order valence-electron chi connectivity index (χ3n) is 6.10. The lowest BCUT2D eigenvalue weighted by Crippen LogP contribution is -2.29. The molecular formula is C24H29N5O2S2. The highest BCUT2D eigenvalue weighted by Crippen LogP contribution is 2.33. The van der Waals surface area contributed by atoms with E-state index < -0.39 is 0 Å². The van der Waals surface area contributed by atoms with Gasteiger partial charge in [0.2, 0.25) is 0 Å². The molecule has 1 amide bonds. The van der Waals surface area contributed by atoms with Gasteiger partial charge in [-0.2, -0.15) is 0 Å². The zero-order valence-corrected chi connectivity index (χ0v) is 20.7. The standard InChI is InChI=1S/C24H29N5O2S2/c1-16-12-17(31-18-8-11-28(2)15-18)6-7-20(16)26-23-27-22(30)21(33-23)13-19-14-25-24(32-19)29-9-4-3-5-10-29/h6-7,12-14,18H,3-5,8-11,15H2,1-2H3,(H,26,27,30). The second-order valence-corrected chi connectivity index (χ2v) is 10.9. The fourth-order valence-electron chi connectivity index (χ4n) is 4.30. The summed E-state index contributed by atoms with van der Waals surface area (Å²) in [5.74, 6) is 0.754. The molecule has 3 aliphatic rings. The Kier molecular flexibility index (Phi) is 6.71. The van der Waals surface area contributed by atoms with Crippen molar-refractivity contribution in [3.05, 3.63) is 39.7 Å². The number of amidine groups is 1. The van der Waals surface area contributed by atoms with E-state index in [4.69, 9.17) is 4.74 Å². The molecule has 174 valence electrons. The molecule has 3 aliphatic heterocycles. The van der Waals surface area contributed by atoms with E-state index in [1.165, 1.54) is 31.0 Å². The third kappa shape index (κ3) is 5.42. The van der Waals surface area contributed by atoms with Crippen LogP contribution in [-0.4, -0.2) is 60.3 Å². The van der Waals surface area contributed by atoms with Gasteiger partial charge < -0.3 is 19.9 Å². The Hall–Kier alpha value is -2.36. The van der Waals surface area contributed by atoms with Crippen molar-refractivity contribution in [3.63, 3.8) is 0 Å². The number of nitrogens with zero attached hydrogens (tertiary/aromatic N) is 4. The highest BCUT2D eigenvalue weighted by atomic mass is 32.2. The van der Waals surface area contributed by atoms with Gasteiger partial charge in [-0.05, 0) is 81.3 Å². The molecule has 0 bridgehead atoms. The second-order valence-electron chi connectivity index (χ2n) is 8.81. The zero-order chi connectivity index (χ0) is 22.8. The van der Waals surface area contributed by atoms with E-state index in [1.54, 1.807) is 11.3 Å². The van der Waals surface area contributed by atoms with Crippen LogP contribution in [0.25, 0.3) is 6.08 Å². The molecule has 4 heterocycles. The number of benzene rings is 1. The lowest BCUT2D eigenvalue weighted by Gasteiger charge is -2.25. The van der Waals surface area contributed by atoms with Crippen LogP contribution in [0, 0.1) is 6.92 Å². The highest BCUT2D eigenvalue weighted by molar-refractivity contribution is 8.18. The van der Waals surface area contributed by atoms with Gasteiger partial charge in [0.15, 0.2) is 10.3 Å². The van der Waals surface area contributed by atoms with Crippen LogP contribution in [0.3, 0.4) is 0 Å². The van der Waals surface area contributed by atoms with E-state index in [0.717, 1.165) is 59.6 Å². The van der Waals surface area contributed by atoms with Gasteiger partial charge in [0.1, 0.15) is 11.9 Å². The van der Waals surface area contributed by atoms with Gasteiger partial charge in [0.25, 0.3) is 5.91 Å². The molecule has 7 nitrogen and oxygen atoms in total. The first-order valence-corrected chi connectivity index (χ1v) is 13.1. The summed E-state index contributed by atoms with van der Waals surface area (Å²) in [6.07, 6.45) is 8.80. The van der Waals surface area contributed by atoms with E-state index in [0.29, 0.717) is 10.1 Å². The highest BCUT2D eigenvalue weighted by Gasteiger charge is 2.25. The summed E-state index contributed by atoms with van der Waals surface area (Å²) in [4.78, 5) is 28.0. The Morgan fingerprint density at radius 1 is 1.24 bits per heavy atom. The zero-order valence-electron chi connectivity index (χ0n) is 19.0. The van der Waals surface area contributed by atoms with E-state index in [9.17, 15) is 4.79 Å². The number of nitrogens with one attached hydrogen (secondary N) is 1. The summed E-state index contributed by atoms with van der Waals surface area (Å²) in [7, 11) is 2.12. The lowest BCUT2D eigenvalue weighted by molar-refractivity contribution is -0.115. The summed E-state index contributed by atoms with van der Waals surface area (Å²) in [5, 5.41) is 4.53. The van der Waals surface area contributed by atoms with Crippen molar-refractivity contribution in [2.45, 2.75) is 38.7 Å². The van der Waals surface area contributed by atoms with Crippen LogP contribution in [0.4, 0.5) is 10.8 Å². The Morgan fingerprint density at radius 3 is 2.85 bits per heavy atom. The van der Waals surface area contributed by atoms with Crippen LogP contribution in [0.2, 0.25) is 0 Å². The predicted octanol–water partition coefficient (Wildman–Crippen LogP) is 4.42. The van der Waals surface area contributed by atoms with Crippen LogP contribution >= 0.6 is 23.1 Å². The molecule has 3 saturated heterocycles. The summed E-state index contributed by atoms with van der Waals surface area (Å²) >= 11 is 3.01. The van der Waals surface area contributed by atoms with Gasteiger partial charge in [-0.1, -0.05) is 11.3 Å². The van der Waals surface area contributed by atoms with Crippen LogP contribution < -0.4 is 15.0 Å². The number of aliphatic imine (C=N–C) groups is 1. The van der Waals surface area contributed by atoms with Gasteiger partial charge in [-0.15, -0.1) is 0 Å². The number of likely N-dealkylation sites (tertiary alicyclic amines) is 1. The fraction of sp³-hybridized carbons (Fsp3) is 0.458. The molecule has 0 aliphatic carbocycles. The number of ether oxygens (including phenoxy) is 1. The molecule has 33 heavy (non-hydrogen) atoms. The quantitative estimate of drug-likeness (QED) is 0.635. The second kappa shape index (κ2) is 9.87. The maximum atomic E-state index is 12.5. The smallest absolute Gasteiger partial charge is 0.264 e. The number of piperidine rings is 1. The monoisotopic (exact) mass is 483 g/mol. The first-order chi connectivity index (χ1) is 16.0. The molecule has 0 saturated carbocycles. The largest absolute Gasteiger partial charge is 0.489 e. The van der Waals surface area contributed by atoms with Crippen molar-refractivity contribution in [3.8, 4) is 5.75 Å². The number of rotatable bonds is 5. The van der Waals surface area contributed by atoms with E-state index in [-0.39, 0.29) is 12.0 Å². The van der Waals surface area contributed by atoms with Crippen LogP contribution in [-0.2, 0) is 4.79 Å². The maximum Gasteiger partial charge on any atom is 0.264 e. The van der Waals surface area contributed by atoms with Gasteiger partial charge >= 0.3 is 0 Å². The van der Waals surface area contributed by atoms with Crippen LogP contribution in [0.15, 0.2) is 34.3 Å². The van der Waals surface area contributed by atoms with Crippen molar-refractivity contribution in [2.75, 3.05) is 38.1 Å². The van der Waals surface area contributed by atoms with Gasteiger partial charge in [0.05, 0.1) is 15.5 Å². The SMILES string of the molecule is Cc1cc(OC2CCN(C)C2)ccc1N=C1NC(=O)C(=Cc2cnc(N3CCCCC3)s2)S1. The molecule has 1 N–H and O–H groups in total. The van der Waals surface area contributed by atoms with E-state index in [1.807, 2.05) is 37.4 Å². The molecule has 1 atom stereocenters. The Bertz CT molecular complexity index is 1090. The first-order valence-electron chi connectivity index (χ1n) is 11.5. The number of hydrogen-bond acceptors (Lipinski definition) is 8. The van der Waals surface area contributed by atoms with Crippen molar-refractivity contribution >= 4 is 51.1 Å². The summed E-state index contributed by atoms with van der Waals surface area (Å²) in [6, 6.07) is 5.94. The van der Waals surface area contributed by atoms with Gasteiger partial charge in [0, 0.05) is 32.4 Å². The number of anilines is 1. The number of carbonyl (C=O) groups is 1. The minimum absolute atomic E-state index is 0.116. The Labute approximate surface area is 202 Å². The fourth-order valence-corrected chi connectivity index (χ4v) is 6.11. The average Bonchev–Trinajstić information content (AvgIpc) is 3.52. The molecule has 5 rings (SSSR count). The van der Waals surface area contributed by atoms with E-state index in [2.05, 4.69) is 32.1 Å². The summed E-state index contributed by atoms with van der Waals surface area (Å²) < 4.78 is 6.12. The van der Waals surface area contributed by atoms with E-state index >= 15 is 0 Å². The molecule has 2 aromatic rings. The number of thioether (sulfide) groups is 1. The molecule has 1 aromatic heterocycles. The molecule has 0 spiro atoms. The van der Waals surface area contributed by atoms with Crippen molar-refractivity contribution < 1.29 is 9.53 Å². The summed E-state index contributed by atoms with van der Waals surface area (Å²) in [5.41, 5.74) is 1.85. The number of aryl methyl sites for hydroxylation is 1. The molecule has 9 heteroatoms. The van der Waals surface area contributed by atoms with Crippen LogP contribution in [0.5, 0.6) is 5.75 Å². The summed E-state index contributed by atoms with van der Waals surface area (Å²) in [6.45, 7) is 6.18. The normalized spacial score (nSPS) is 24.1. The average molecular weight is 484 g/mol. The molecular weight excluding hydrogens is 454 g/mol. The number of likely N-dealkylation sites (N-methyl/N-ethyl adjacent to an activating group) is 1. The molecule has 0 radical (unpaired) electrons.